The first-order chi connectivity index (χ1) is 19.0. The number of hydrogen-bond acceptors (Lipinski definition) is 2. The fraction of sp³-hybridized carbons (Fsp3) is 0.314. The minimum Gasteiger partial charge on any atom is -0.303 e. The van der Waals surface area contributed by atoms with E-state index < -0.39 is 0 Å². The number of likely N-dealkylation sites (tertiary alicyclic amines) is 1. The highest BCUT2D eigenvalue weighted by Crippen LogP contribution is 2.46. The van der Waals surface area contributed by atoms with E-state index in [9.17, 15) is 0 Å². The van der Waals surface area contributed by atoms with Gasteiger partial charge in [0.05, 0.1) is 10.0 Å². The molecule has 0 radical (unpaired) electrons. The van der Waals surface area contributed by atoms with Crippen molar-refractivity contribution in [2.75, 3.05) is 25.9 Å². The third-order valence-electron chi connectivity index (χ3n) is 8.54. The molecule has 39 heavy (non-hydrogen) atoms. The van der Waals surface area contributed by atoms with Crippen LogP contribution in [0.2, 0.25) is 10.0 Å². The number of rotatable bonds is 9. The number of piperidine rings is 1. The molecule has 0 aromatic heterocycles. The van der Waals surface area contributed by atoms with Gasteiger partial charge in [0.25, 0.3) is 0 Å². The van der Waals surface area contributed by atoms with Gasteiger partial charge in [-0.05, 0) is 97.9 Å². The van der Waals surface area contributed by atoms with E-state index in [2.05, 4.69) is 115 Å². The van der Waals surface area contributed by atoms with E-state index in [1.54, 1.807) is 0 Å². The number of hydrogen-bond donors (Lipinski definition) is 0. The maximum Gasteiger partial charge on any atom is 0.0595 e. The molecule has 5 rings (SSSR count). The molecule has 0 aliphatic carbocycles. The summed E-state index contributed by atoms with van der Waals surface area (Å²) < 4.78 is 0.210. The molecular formula is C35H37Cl2NS. The van der Waals surface area contributed by atoms with Gasteiger partial charge in [0.1, 0.15) is 0 Å². The van der Waals surface area contributed by atoms with Gasteiger partial charge < -0.3 is 4.90 Å². The molecule has 1 fully saturated rings. The van der Waals surface area contributed by atoms with Gasteiger partial charge in [-0.2, -0.15) is 11.8 Å². The number of aryl methyl sites for hydroxylation is 1. The molecule has 1 aliphatic heterocycles. The smallest absolute Gasteiger partial charge is 0.0595 e. The zero-order valence-corrected chi connectivity index (χ0v) is 25.2. The third kappa shape index (κ3) is 6.41. The number of thioether (sulfide) groups is 1. The van der Waals surface area contributed by atoms with Crippen molar-refractivity contribution in [2.24, 2.45) is 0 Å². The van der Waals surface area contributed by atoms with Crippen LogP contribution in [0.25, 0.3) is 0 Å². The molecule has 0 amide bonds. The molecule has 4 aromatic rings. The van der Waals surface area contributed by atoms with Crippen LogP contribution in [0.1, 0.15) is 58.9 Å². The molecule has 1 nitrogen and oxygen atoms in total. The van der Waals surface area contributed by atoms with E-state index in [1.807, 2.05) is 17.8 Å². The van der Waals surface area contributed by atoms with Crippen LogP contribution in [0.3, 0.4) is 0 Å². The minimum absolute atomic E-state index is 0.210. The molecule has 1 atom stereocenters. The van der Waals surface area contributed by atoms with Gasteiger partial charge in [-0.25, -0.2) is 0 Å². The summed E-state index contributed by atoms with van der Waals surface area (Å²) in [6, 6.07) is 37.0. The minimum atomic E-state index is 0.210. The molecule has 0 N–H and O–H groups in total. The Kier molecular flexibility index (Phi) is 9.40. The number of nitrogens with zero attached hydrogens (tertiary/aromatic N) is 1. The fourth-order valence-electron chi connectivity index (χ4n) is 6.37. The predicted octanol–water partition coefficient (Wildman–Crippen LogP) is 9.96. The van der Waals surface area contributed by atoms with E-state index in [4.69, 9.17) is 23.2 Å². The summed E-state index contributed by atoms with van der Waals surface area (Å²) in [6.07, 6.45) is 5.68. The van der Waals surface area contributed by atoms with Gasteiger partial charge in [-0.1, -0.05) is 114 Å². The van der Waals surface area contributed by atoms with Gasteiger partial charge >= 0.3 is 0 Å². The van der Waals surface area contributed by atoms with Crippen molar-refractivity contribution < 1.29 is 0 Å². The zero-order chi connectivity index (χ0) is 27.2. The average Bonchev–Trinajstić information content (AvgIpc) is 2.98. The van der Waals surface area contributed by atoms with Gasteiger partial charge in [0.15, 0.2) is 0 Å². The summed E-state index contributed by atoms with van der Waals surface area (Å²) in [5, 5.41) is 1.23. The summed E-state index contributed by atoms with van der Waals surface area (Å²) in [4.78, 5) is 2.67. The van der Waals surface area contributed by atoms with Crippen LogP contribution in [-0.4, -0.2) is 30.8 Å². The Bertz CT molecular complexity index is 1310. The zero-order valence-electron chi connectivity index (χ0n) is 22.8. The fourth-order valence-corrected chi connectivity index (χ4v) is 7.72. The molecule has 0 saturated carbocycles. The molecule has 1 unspecified atom stereocenters. The SMILES string of the molecule is CSC1(c2ccccc2C)CCN(CCC(c2ccc(Cl)c(Cl)c2)C(c2ccccc2)c2ccccc2)CC1. The van der Waals surface area contributed by atoms with Crippen LogP contribution in [0, 0.1) is 6.92 Å². The Balaban J connectivity index is 1.41. The molecule has 202 valence electrons. The standard InChI is InChI=1S/C35H37Cl2NS/c1-26-11-9-10-16-31(26)35(39-2)20-23-38(24-21-35)22-19-30(29-17-18-32(36)33(37)25-29)34(27-12-5-3-6-13-27)28-14-7-4-8-15-28/h3-18,25,30,34H,19-24H2,1-2H3. The first-order valence-electron chi connectivity index (χ1n) is 13.9. The monoisotopic (exact) mass is 573 g/mol. The number of benzene rings is 4. The van der Waals surface area contributed by atoms with Gasteiger partial charge in [0.2, 0.25) is 0 Å². The Hall–Kier alpha value is -2.23. The average molecular weight is 575 g/mol. The lowest BCUT2D eigenvalue weighted by atomic mass is 9.75. The van der Waals surface area contributed by atoms with Gasteiger partial charge in [-0.15, -0.1) is 0 Å². The van der Waals surface area contributed by atoms with E-state index in [0.717, 1.165) is 26.1 Å². The van der Waals surface area contributed by atoms with Gasteiger partial charge in [-0.3, -0.25) is 0 Å². The molecule has 0 bridgehead atoms. The molecule has 1 aliphatic rings. The lowest BCUT2D eigenvalue weighted by Gasteiger charge is -2.42. The Morgan fingerprint density at radius 3 is 1.90 bits per heavy atom. The summed E-state index contributed by atoms with van der Waals surface area (Å²) in [5.74, 6) is 0.500. The van der Waals surface area contributed by atoms with Gasteiger partial charge in [0, 0.05) is 10.7 Å². The Labute approximate surface area is 248 Å². The molecule has 4 heteroatoms. The highest BCUT2D eigenvalue weighted by atomic mass is 35.5. The highest BCUT2D eigenvalue weighted by molar-refractivity contribution is 7.99. The van der Waals surface area contributed by atoms with Crippen molar-refractivity contribution in [1.29, 1.82) is 0 Å². The predicted molar refractivity (Wildman–Crippen MR) is 171 cm³/mol. The largest absolute Gasteiger partial charge is 0.303 e. The maximum atomic E-state index is 6.58. The Morgan fingerprint density at radius 1 is 0.744 bits per heavy atom. The molecular weight excluding hydrogens is 537 g/mol. The maximum absolute atomic E-state index is 6.58. The summed E-state index contributed by atoms with van der Waals surface area (Å²) in [5.41, 5.74) is 6.84. The quantitative estimate of drug-likeness (QED) is 0.196. The first kappa shape index (κ1) is 28.3. The van der Waals surface area contributed by atoms with E-state index >= 15 is 0 Å². The lowest BCUT2D eigenvalue weighted by molar-refractivity contribution is 0.192. The number of halogens is 2. The van der Waals surface area contributed by atoms with Crippen molar-refractivity contribution in [3.8, 4) is 0 Å². The first-order valence-corrected chi connectivity index (χ1v) is 15.9. The highest BCUT2D eigenvalue weighted by Gasteiger charge is 2.37. The second-order valence-corrected chi connectivity index (χ2v) is 12.7. The van der Waals surface area contributed by atoms with Crippen molar-refractivity contribution in [2.45, 2.75) is 42.8 Å². The van der Waals surface area contributed by atoms with Crippen LogP contribution < -0.4 is 0 Å². The lowest BCUT2D eigenvalue weighted by Crippen LogP contribution is -2.41. The van der Waals surface area contributed by atoms with Crippen LogP contribution in [0.5, 0.6) is 0 Å². The van der Waals surface area contributed by atoms with Crippen LogP contribution >= 0.6 is 35.0 Å². The second-order valence-electron chi connectivity index (χ2n) is 10.7. The second kappa shape index (κ2) is 13.0. The van der Waals surface area contributed by atoms with Crippen LogP contribution in [-0.2, 0) is 4.75 Å². The van der Waals surface area contributed by atoms with Crippen molar-refractivity contribution in [1.82, 2.24) is 4.90 Å². The van der Waals surface area contributed by atoms with Crippen molar-refractivity contribution >= 4 is 35.0 Å². The van der Waals surface area contributed by atoms with E-state index in [0.29, 0.717) is 10.0 Å². The molecule has 4 aromatic carbocycles. The van der Waals surface area contributed by atoms with E-state index in [1.165, 1.54) is 40.7 Å². The van der Waals surface area contributed by atoms with E-state index in [-0.39, 0.29) is 16.6 Å². The molecule has 1 heterocycles. The van der Waals surface area contributed by atoms with Crippen molar-refractivity contribution in [3.63, 3.8) is 0 Å². The van der Waals surface area contributed by atoms with Crippen LogP contribution in [0.4, 0.5) is 0 Å². The Morgan fingerprint density at radius 2 is 1.33 bits per heavy atom. The summed E-state index contributed by atoms with van der Waals surface area (Å²) >= 11 is 15.0. The summed E-state index contributed by atoms with van der Waals surface area (Å²) in [7, 11) is 0. The molecule has 1 saturated heterocycles. The normalized spacial score (nSPS) is 16.3. The van der Waals surface area contributed by atoms with Crippen molar-refractivity contribution in [3.05, 3.63) is 141 Å². The summed E-state index contributed by atoms with van der Waals surface area (Å²) in [6.45, 7) is 5.54. The topological polar surface area (TPSA) is 3.24 Å². The van der Waals surface area contributed by atoms with Crippen LogP contribution in [0.15, 0.2) is 103 Å². The molecule has 0 spiro atoms. The third-order valence-corrected chi connectivity index (χ3v) is 10.7.